The molecule has 1 aliphatic heterocycles. The van der Waals surface area contributed by atoms with Crippen molar-refractivity contribution in [3.63, 3.8) is 0 Å². The molecule has 0 N–H and O–H groups in total. The summed E-state index contributed by atoms with van der Waals surface area (Å²) in [6.45, 7) is 0.707. The predicted octanol–water partition coefficient (Wildman–Crippen LogP) is 1.99. The molecular weight excluding hydrogens is 250 g/mol. The lowest BCUT2D eigenvalue weighted by Gasteiger charge is -2.18. The summed E-state index contributed by atoms with van der Waals surface area (Å²) in [4.78, 5) is 13.7. The topological polar surface area (TPSA) is 38.8 Å². The third-order valence-electron chi connectivity index (χ3n) is 3.11. The number of carbonyl (C=O) groups excluding carboxylic acids is 1. The number of rotatable bonds is 4. The van der Waals surface area contributed by atoms with E-state index >= 15 is 0 Å². The second-order valence-electron chi connectivity index (χ2n) is 4.33. The van der Waals surface area contributed by atoms with Gasteiger partial charge < -0.3 is 14.4 Å². The number of hydrogen-bond acceptors (Lipinski definition) is 4. The van der Waals surface area contributed by atoms with Gasteiger partial charge in [0.25, 0.3) is 0 Å². The fourth-order valence-electron chi connectivity index (χ4n) is 2.10. The molecule has 0 saturated carbocycles. The summed E-state index contributed by atoms with van der Waals surface area (Å²) in [7, 11) is 3.20. The van der Waals surface area contributed by atoms with Gasteiger partial charge in [-0.15, -0.1) is 0 Å². The van der Waals surface area contributed by atoms with Gasteiger partial charge in [0.05, 0.1) is 19.9 Å². The minimum absolute atomic E-state index is 0.129. The van der Waals surface area contributed by atoms with Gasteiger partial charge in [0.1, 0.15) is 11.5 Å². The minimum atomic E-state index is 0.129. The summed E-state index contributed by atoms with van der Waals surface area (Å²) in [6.07, 6.45) is 0.559. The molecule has 1 aromatic rings. The van der Waals surface area contributed by atoms with Crippen molar-refractivity contribution in [3.8, 4) is 11.5 Å². The normalized spacial score (nSPS) is 19.2. The number of carbonyl (C=O) groups is 1. The van der Waals surface area contributed by atoms with Crippen LogP contribution in [0.25, 0.3) is 0 Å². The highest BCUT2D eigenvalue weighted by molar-refractivity contribution is 7.80. The van der Waals surface area contributed by atoms with Crippen LogP contribution in [0.4, 0.5) is 5.69 Å². The number of anilines is 1. The molecule has 0 aliphatic carbocycles. The van der Waals surface area contributed by atoms with Gasteiger partial charge in [0.15, 0.2) is 0 Å². The van der Waals surface area contributed by atoms with Crippen LogP contribution in [0.15, 0.2) is 18.2 Å². The van der Waals surface area contributed by atoms with Crippen LogP contribution in [0.3, 0.4) is 0 Å². The Bertz CT molecular complexity index is 428. The molecule has 2 rings (SSSR count). The third kappa shape index (κ3) is 2.56. The van der Waals surface area contributed by atoms with Crippen molar-refractivity contribution < 1.29 is 14.3 Å². The second kappa shape index (κ2) is 5.52. The summed E-state index contributed by atoms with van der Waals surface area (Å²) >= 11 is 4.26. The lowest BCUT2D eigenvalue weighted by Crippen LogP contribution is -2.24. The zero-order chi connectivity index (χ0) is 13.1. The first kappa shape index (κ1) is 13.1. The molecule has 5 heteroatoms. The molecule has 0 spiro atoms. The Labute approximate surface area is 112 Å². The van der Waals surface area contributed by atoms with Crippen LogP contribution in [0.2, 0.25) is 0 Å². The van der Waals surface area contributed by atoms with Crippen molar-refractivity contribution in [3.05, 3.63) is 18.2 Å². The first-order valence-corrected chi connectivity index (χ1v) is 6.45. The summed E-state index contributed by atoms with van der Waals surface area (Å²) < 4.78 is 10.4. The quantitative estimate of drug-likeness (QED) is 0.848. The molecule has 1 amide bonds. The second-order valence-corrected chi connectivity index (χ2v) is 4.69. The highest BCUT2D eigenvalue weighted by atomic mass is 32.1. The van der Waals surface area contributed by atoms with E-state index in [9.17, 15) is 4.79 Å². The fourth-order valence-corrected chi connectivity index (χ4v) is 2.35. The molecule has 0 aromatic heterocycles. The molecule has 0 bridgehead atoms. The number of methoxy groups -OCH3 is 2. The first-order chi connectivity index (χ1) is 8.67. The number of hydrogen-bond donors (Lipinski definition) is 1. The fraction of sp³-hybridized carbons (Fsp3) is 0.462. The lowest BCUT2D eigenvalue weighted by molar-refractivity contribution is -0.117. The van der Waals surface area contributed by atoms with Crippen molar-refractivity contribution in [2.45, 2.75) is 6.42 Å². The third-order valence-corrected chi connectivity index (χ3v) is 3.63. The van der Waals surface area contributed by atoms with Crippen LogP contribution in [0.1, 0.15) is 6.42 Å². The van der Waals surface area contributed by atoms with E-state index in [2.05, 4.69) is 12.6 Å². The molecule has 4 nitrogen and oxygen atoms in total. The molecule has 1 aromatic carbocycles. The Hall–Kier alpha value is -1.36. The van der Waals surface area contributed by atoms with Crippen molar-refractivity contribution in [2.24, 2.45) is 5.92 Å². The standard InChI is InChI=1S/C13H17NO3S/c1-16-11-4-10(5-12(6-11)17-2)14-7-9(8-18)3-13(14)15/h4-6,9,18H,3,7-8H2,1-2H3. The van der Waals surface area contributed by atoms with E-state index in [-0.39, 0.29) is 5.91 Å². The van der Waals surface area contributed by atoms with Gasteiger partial charge >= 0.3 is 0 Å². The lowest BCUT2D eigenvalue weighted by atomic mass is 10.1. The summed E-state index contributed by atoms with van der Waals surface area (Å²) in [5.74, 6) is 2.55. The van der Waals surface area contributed by atoms with Crippen molar-refractivity contribution in [1.82, 2.24) is 0 Å². The largest absolute Gasteiger partial charge is 0.497 e. The zero-order valence-corrected chi connectivity index (χ0v) is 11.4. The predicted molar refractivity (Wildman–Crippen MR) is 73.9 cm³/mol. The molecule has 1 unspecified atom stereocenters. The molecule has 1 fully saturated rings. The molecule has 1 saturated heterocycles. The van der Waals surface area contributed by atoms with Crippen LogP contribution in [0.5, 0.6) is 11.5 Å². The Morgan fingerprint density at radius 2 is 1.89 bits per heavy atom. The van der Waals surface area contributed by atoms with Gasteiger partial charge in [-0.3, -0.25) is 4.79 Å². The van der Waals surface area contributed by atoms with Gasteiger partial charge in [-0.05, 0) is 11.7 Å². The Balaban J connectivity index is 2.30. The SMILES string of the molecule is COc1cc(OC)cc(N2CC(CS)CC2=O)c1. The molecule has 18 heavy (non-hydrogen) atoms. The molecule has 0 radical (unpaired) electrons. The number of amides is 1. The van der Waals surface area contributed by atoms with Crippen molar-refractivity contribution in [2.75, 3.05) is 31.4 Å². The maximum absolute atomic E-state index is 12.0. The number of ether oxygens (including phenoxy) is 2. The first-order valence-electron chi connectivity index (χ1n) is 5.82. The van der Waals surface area contributed by atoms with Gasteiger partial charge in [-0.1, -0.05) is 0 Å². The van der Waals surface area contributed by atoms with Gasteiger partial charge in [-0.2, -0.15) is 12.6 Å². The summed E-state index contributed by atoms with van der Waals surface area (Å²) in [5.41, 5.74) is 0.820. The average molecular weight is 267 g/mol. The highest BCUT2D eigenvalue weighted by Gasteiger charge is 2.30. The van der Waals surface area contributed by atoms with Gasteiger partial charge in [0, 0.05) is 31.2 Å². The van der Waals surface area contributed by atoms with E-state index in [1.165, 1.54) is 0 Å². The maximum Gasteiger partial charge on any atom is 0.227 e. The highest BCUT2D eigenvalue weighted by Crippen LogP contribution is 2.32. The Morgan fingerprint density at radius 1 is 1.28 bits per heavy atom. The molecule has 98 valence electrons. The van der Waals surface area contributed by atoms with E-state index in [4.69, 9.17) is 9.47 Å². The smallest absolute Gasteiger partial charge is 0.227 e. The molecular formula is C13H17NO3S. The van der Waals surface area contributed by atoms with Gasteiger partial charge in [0.2, 0.25) is 5.91 Å². The molecule has 1 heterocycles. The van der Waals surface area contributed by atoms with E-state index < -0.39 is 0 Å². The minimum Gasteiger partial charge on any atom is -0.497 e. The van der Waals surface area contributed by atoms with Crippen LogP contribution >= 0.6 is 12.6 Å². The van der Waals surface area contributed by atoms with E-state index in [0.717, 1.165) is 11.4 Å². The van der Waals surface area contributed by atoms with Gasteiger partial charge in [-0.25, -0.2) is 0 Å². The Kier molecular flexibility index (Phi) is 4.01. The number of nitrogens with zero attached hydrogens (tertiary/aromatic N) is 1. The van der Waals surface area contributed by atoms with Crippen molar-refractivity contribution >= 4 is 24.2 Å². The molecule has 1 atom stereocenters. The van der Waals surface area contributed by atoms with E-state index in [0.29, 0.717) is 30.4 Å². The number of benzene rings is 1. The summed E-state index contributed by atoms with van der Waals surface area (Å²) in [5, 5.41) is 0. The zero-order valence-electron chi connectivity index (χ0n) is 10.5. The van der Waals surface area contributed by atoms with Crippen LogP contribution in [0, 0.1) is 5.92 Å². The maximum atomic E-state index is 12.0. The number of thiol groups is 1. The van der Waals surface area contributed by atoms with Crippen LogP contribution in [-0.2, 0) is 4.79 Å². The van der Waals surface area contributed by atoms with Crippen LogP contribution < -0.4 is 14.4 Å². The van der Waals surface area contributed by atoms with E-state index in [1.807, 2.05) is 12.1 Å². The summed E-state index contributed by atoms with van der Waals surface area (Å²) in [6, 6.07) is 5.49. The van der Waals surface area contributed by atoms with Crippen LogP contribution in [-0.4, -0.2) is 32.4 Å². The Morgan fingerprint density at radius 3 is 2.33 bits per heavy atom. The molecule has 1 aliphatic rings. The van der Waals surface area contributed by atoms with Crippen molar-refractivity contribution in [1.29, 1.82) is 0 Å². The van der Waals surface area contributed by atoms with E-state index in [1.54, 1.807) is 25.2 Å². The monoisotopic (exact) mass is 267 g/mol. The average Bonchev–Trinajstić information content (AvgIpc) is 2.79.